The zero-order chi connectivity index (χ0) is 23.0. The van der Waals surface area contributed by atoms with E-state index < -0.39 is 0 Å². The quantitative estimate of drug-likeness (QED) is 0.513. The van der Waals surface area contributed by atoms with Crippen LogP contribution in [0.4, 0.5) is 17.1 Å². The molecule has 3 aromatic carbocycles. The van der Waals surface area contributed by atoms with E-state index in [1.54, 1.807) is 12.0 Å². The Morgan fingerprint density at radius 1 is 1.00 bits per heavy atom. The van der Waals surface area contributed by atoms with E-state index in [4.69, 9.17) is 4.74 Å². The molecule has 0 spiro atoms. The first-order chi connectivity index (χ1) is 16.1. The lowest BCUT2D eigenvalue weighted by molar-refractivity contribution is -0.117. The molecule has 1 aliphatic heterocycles. The minimum absolute atomic E-state index is 0.0495. The summed E-state index contributed by atoms with van der Waals surface area (Å²) in [6, 6.07) is 25.6. The number of rotatable bonds is 9. The molecular weight excluding hydrogens is 414 g/mol. The number of anilines is 3. The van der Waals surface area contributed by atoms with Gasteiger partial charge in [0.15, 0.2) is 0 Å². The standard InChI is InChI=1S/C27H29N3O3/c1-33-25-15-13-23(14-16-25)29(20-21-6-3-2-4-7-21)19-17-26(31)28-22-9-11-24(12-10-22)30-18-5-8-27(30)32/h2-4,6-7,9-16H,5,8,17-20H2,1H3,(H,28,31). The van der Waals surface area contributed by atoms with Crippen molar-refractivity contribution in [2.24, 2.45) is 0 Å². The van der Waals surface area contributed by atoms with Gasteiger partial charge in [0.2, 0.25) is 11.8 Å². The summed E-state index contributed by atoms with van der Waals surface area (Å²) >= 11 is 0. The molecule has 6 nitrogen and oxygen atoms in total. The number of carbonyl (C=O) groups is 2. The Morgan fingerprint density at radius 3 is 2.36 bits per heavy atom. The Hall–Kier alpha value is -3.80. The predicted octanol–water partition coefficient (Wildman–Crippen LogP) is 4.86. The summed E-state index contributed by atoms with van der Waals surface area (Å²) in [5.41, 5.74) is 3.83. The van der Waals surface area contributed by atoms with Crippen molar-refractivity contribution in [1.82, 2.24) is 0 Å². The fourth-order valence-electron chi connectivity index (χ4n) is 4.00. The first-order valence-electron chi connectivity index (χ1n) is 11.3. The van der Waals surface area contributed by atoms with Crippen LogP contribution in [-0.4, -0.2) is 32.0 Å². The maximum atomic E-state index is 12.7. The molecule has 6 heteroatoms. The third-order valence-corrected chi connectivity index (χ3v) is 5.80. The normalized spacial score (nSPS) is 13.1. The van der Waals surface area contributed by atoms with E-state index in [1.165, 1.54) is 5.56 Å². The van der Waals surface area contributed by atoms with Crippen LogP contribution < -0.4 is 19.9 Å². The van der Waals surface area contributed by atoms with Gasteiger partial charge in [0, 0.05) is 49.5 Å². The number of ether oxygens (including phenoxy) is 1. The van der Waals surface area contributed by atoms with Crippen molar-refractivity contribution in [1.29, 1.82) is 0 Å². The molecule has 0 radical (unpaired) electrons. The molecule has 0 aliphatic carbocycles. The fraction of sp³-hybridized carbons (Fsp3) is 0.259. The minimum atomic E-state index is -0.0495. The average Bonchev–Trinajstić information content (AvgIpc) is 3.29. The van der Waals surface area contributed by atoms with Crippen LogP contribution >= 0.6 is 0 Å². The molecule has 4 rings (SSSR count). The molecule has 1 saturated heterocycles. The van der Waals surface area contributed by atoms with Gasteiger partial charge in [-0.05, 0) is 60.5 Å². The molecular formula is C27H29N3O3. The number of amides is 2. The van der Waals surface area contributed by atoms with E-state index in [0.717, 1.165) is 35.8 Å². The topological polar surface area (TPSA) is 61.9 Å². The SMILES string of the molecule is COc1ccc(N(CCC(=O)Nc2ccc(N3CCCC3=O)cc2)Cc2ccccc2)cc1. The summed E-state index contributed by atoms with van der Waals surface area (Å²) in [5, 5.41) is 2.97. The van der Waals surface area contributed by atoms with Crippen molar-refractivity contribution in [3.05, 3.63) is 84.4 Å². The van der Waals surface area contributed by atoms with Crippen LogP contribution in [0.2, 0.25) is 0 Å². The second-order valence-electron chi connectivity index (χ2n) is 8.10. The largest absolute Gasteiger partial charge is 0.497 e. The zero-order valence-corrected chi connectivity index (χ0v) is 18.9. The Bertz CT molecular complexity index is 1070. The summed E-state index contributed by atoms with van der Waals surface area (Å²) in [6.07, 6.45) is 1.85. The van der Waals surface area contributed by atoms with Crippen LogP contribution in [0.5, 0.6) is 5.75 Å². The molecule has 0 bridgehead atoms. The van der Waals surface area contributed by atoms with E-state index in [-0.39, 0.29) is 11.8 Å². The zero-order valence-electron chi connectivity index (χ0n) is 18.9. The maximum Gasteiger partial charge on any atom is 0.227 e. The highest BCUT2D eigenvalue weighted by Gasteiger charge is 2.21. The monoisotopic (exact) mass is 443 g/mol. The second-order valence-corrected chi connectivity index (χ2v) is 8.10. The van der Waals surface area contributed by atoms with Gasteiger partial charge < -0.3 is 19.9 Å². The van der Waals surface area contributed by atoms with Crippen LogP contribution in [0.3, 0.4) is 0 Å². The number of hydrogen-bond acceptors (Lipinski definition) is 4. The van der Waals surface area contributed by atoms with Crippen molar-refractivity contribution in [2.75, 3.05) is 35.3 Å². The van der Waals surface area contributed by atoms with Crippen molar-refractivity contribution in [3.8, 4) is 5.75 Å². The highest BCUT2D eigenvalue weighted by atomic mass is 16.5. The Balaban J connectivity index is 1.38. The van der Waals surface area contributed by atoms with Crippen LogP contribution in [0.15, 0.2) is 78.9 Å². The molecule has 0 saturated carbocycles. The van der Waals surface area contributed by atoms with E-state index in [1.807, 2.05) is 66.7 Å². The van der Waals surface area contributed by atoms with Gasteiger partial charge in [-0.25, -0.2) is 0 Å². The van der Waals surface area contributed by atoms with Crippen molar-refractivity contribution >= 4 is 28.9 Å². The van der Waals surface area contributed by atoms with Crippen molar-refractivity contribution < 1.29 is 14.3 Å². The molecule has 1 N–H and O–H groups in total. The van der Waals surface area contributed by atoms with Crippen LogP contribution in [-0.2, 0) is 16.1 Å². The first kappa shape index (κ1) is 22.4. The summed E-state index contributed by atoms with van der Waals surface area (Å²) in [6.45, 7) is 2.04. The van der Waals surface area contributed by atoms with E-state index in [2.05, 4.69) is 22.3 Å². The highest BCUT2D eigenvalue weighted by molar-refractivity contribution is 5.96. The number of nitrogens with zero attached hydrogens (tertiary/aromatic N) is 2. The third-order valence-electron chi connectivity index (χ3n) is 5.80. The molecule has 1 heterocycles. The van der Waals surface area contributed by atoms with Gasteiger partial charge in [0.1, 0.15) is 5.75 Å². The van der Waals surface area contributed by atoms with Crippen LogP contribution in [0.25, 0.3) is 0 Å². The summed E-state index contributed by atoms with van der Waals surface area (Å²) in [5.74, 6) is 0.908. The molecule has 1 fully saturated rings. The molecule has 33 heavy (non-hydrogen) atoms. The number of hydrogen-bond donors (Lipinski definition) is 1. The maximum absolute atomic E-state index is 12.7. The lowest BCUT2D eigenvalue weighted by atomic mass is 10.2. The molecule has 170 valence electrons. The molecule has 1 aliphatic rings. The smallest absolute Gasteiger partial charge is 0.227 e. The number of carbonyl (C=O) groups excluding carboxylic acids is 2. The Morgan fingerprint density at radius 2 is 1.73 bits per heavy atom. The molecule has 3 aromatic rings. The Labute approximate surface area is 194 Å². The van der Waals surface area contributed by atoms with Crippen molar-refractivity contribution in [2.45, 2.75) is 25.8 Å². The summed E-state index contributed by atoms with van der Waals surface area (Å²) in [4.78, 5) is 28.6. The number of methoxy groups -OCH3 is 1. The highest BCUT2D eigenvalue weighted by Crippen LogP contribution is 2.24. The van der Waals surface area contributed by atoms with Gasteiger partial charge in [-0.3, -0.25) is 9.59 Å². The lowest BCUT2D eigenvalue weighted by Crippen LogP contribution is -2.27. The van der Waals surface area contributed by atoms with E-state index >= 15 is 0 Å². The van der Waals surface area contributed by atoms with Gasteiger partial charge in [-0.2, -0.15) is 0 Å². The van der Waals surface area contributed by atoms with Crippen LogP contribution in [0.1, 0.15) is 24.8 Å². The molecule has 0 unspecified atom stereocenters. The van der Waals surface area contributed by atoms with Gasteiger partial charge >= 0.3 is 0 Å². The van der Waals surface area contributed by atoms with Gasteiger partial charge in [-0.15, -0.1) is 0 Å². The predicted molar refractivity (Wildman–Crippen MR) is 132 cm³/mol. The number of nitrogens with one attached hydrogen (secondary N) is 1. The minimum Gasteiger partial charge on any atom is -0.497 e. The Kier molecular flexibility index (Phi) is 7.25. The molecule has 0 aromatic heterocycles. The van der Waals surface area contributed by atoms with Crippen LogP contribution in [0, 0.1) is 0 Å². The van der Waals surface area contributed by atoms with Gasteiger partial charge in [0.25, 0.3) is 0 Å². The average molecular weight is 444 g/mol. The first-order valence-corrected chi connectivity index (χ1v) is 11.3. The van der Waals surface area contributed by atoms with Gasteiger partial charge in [-0.1, -0.05) is 30.3 Å². The molecule has 0 atom stereocenters. The number of benzene rings is 3. The molecule has 2 amide bonds. The fourth-order valence-corrected chi connectivity index (χ4v) is 4.00. The lowest BCUT2D eigenvalue weighted by Gasteiger charge is -2.25. The van der Waals surface area contributed by atoms with E-state index in [9.17, 15) is 9.59 Å². The third kappa shape index (κ3) is 5.92. The van der Waals surface area contributed by atoms with Gasteiger partial charge in [0.05, 0.1) is 7.11 Å². The second kappa shape index (κ2) is 10.7. The van der Waals surface area contributed by atoms with E-state index in [0.29, 0.717) is 25.9 Å². The summed E-state index contributed by atoms with van der Waals surface area (Å²) in [7, 11) is 1.65. The van der Waals surface area contributed by atoms with Crippen molar-refractivity contribution in [3.63, 3.8) is 0 Å². The summed E-state index contributed by atoms with van der Waals surface area (Å²) < 4.78 is 5.27.